The van der Waals surface area contributed by atoms with Crippen LogP contribution >= 0.6 is 0 Å². The minimum atomic E-state index is -0.256. The van der Waals surface area contributed by atoms with Crippen LogP contribution in [0.2, 0.25) is 0 Å². The number of anilines is 2. The van der Waals surface area contributed by atoms with E-state index in [2.05, 4.69) is 20.6 Å². The van der Waals surface area contributed by atoms with Crippen LogP contribution < -0.4 is 20.1 Å². The zero-order chi connectivity index (χ0) is 17.6. The molecule has 128 valence electrons. The third kappa shape index (κ3) is 3.77. The summed E-state index contributed by atoms with van der Waals surface area (Å²) in [6.45, 7) is 0.103. The van der Waals surface area contributed by atoms with Crippen molar-refractivity contribution >= 4 is 28.4 Å². The number of nitrogens with zero attached hydrogens (tertiary/aromatic N) is 2. The van der Waals surface area contributed by atoms with Crippen molar-refractivity contribution in [2.75, 3.05) is 31.4 Å². The standard InChI is InChI=1S/C18H18N4O3/c1-24-14-10-6-9-13-16(14)17(25-2)22-18(20-13)21-15(23)11-19-12-7-4-3-5-8-12/h3-10,19H,11H2,1-2H3,(H,20,21,22,23). The van der Waals surface area contributed by atoms with Crippen molar-refractivity contribution in [1.29, 1.82) is 0 Å². The summed E-state index contributed by atoms with van der Waals surface area (Å²) in [6.07, 6.45) is 0. The van der Waals surface area contributed by atoms with Gasteiger partial charge in [0.2, 0.25) is 17.7 Å². The fraction of sp³-hybridized carbons (Fsp3) is 0.167. The second kappa shape index (κ2) is 7.48. The molecule has 1 heterocycles. The minimum absolute atomic E-state index is 0.103. The summed E-state index contributed by atoms with van der Waals surface area (Å²) in [7, 11) is 3.08. The summed E-state index contributed by atoms with van der Waals surface area (Å²) >= 11 is 0. The van der Waals surface area contributed by atoms with Crippen molar-refractivity contribution in [2.45, 2.75) is 0 Å². The second-order valence-corrected chi connectivity index (χ2v) is 5.18. The summed E-state index contributed by atoms with van der Waals surface area (Å²) in [5, 5.41) is 6.36. The Morgan fingerprint density at radius 3 is 2.52 bits per heavy atom. The van der Waals surface area contributed by atoms with Gasteiger partial charge in [-0.15, -0.1) is 0 Å². The van der Waals surface area contributed by atoms with E-state index in [1.165, 1.54) is 7.11 Å². The van der Waals surface area contributed by atoms with Crippen molar-refractivity contribution in [3.8, 4) is 11.6 Å². The third-order valence-electron chi connectivity index (χ3n) is 3.54. The van der Waals surface area contributed by atoms with Crippen LogP contribution in [0.5, 0.6) is 11.6 Å². The Labute approximate surface area is 145 Å². The monoisotopic (exact) mass is 338 g/mol. The average molecular weight is 338 g/mol. The first kappa shape index (κ1) is 16.5. The Kier molecular flexibility index (Phi) is 4.94. The van der Waals surface area contributed by atoms with Crippen LogP contribution in [0.25, 0.3) is 10.9 Å². The largest absolute Gasteiger partial charge is 0.496 e. The van der Waals surface area contributed by atoms with Crippen molar-refractivity contribution in [2.24, 2.45) is 0 Å². The zero-order valence-electron chi connectivity index (χ0n) is 13.9. The molecule has 1 amide bonds. The number of carbonyl (C=O) groups is 1. The number of methoxy groups -OCH3 is 2. The summed E-state index contributed by atoms with van der Waals surface area (Å²) in [4.78, 5) is 20.7. The number of benzene rings is 2. The molecule has 0 spiro atoms. The second-order valence-electron chi connectivity index (χ2n) is 5.18. The molecule has 0 saturated carbocycles. The summed E-state index contributed by atoms with van der Waals surface area (Å²) < 4.78 is 10.6. The van der Waals surface area contributed by atoms with Gasteiger partial charge in [-0.1, -0.05) is 24.3 Å². The van der Waals surface area contributed by atoms with Gasteiger partial charge < -0.3 is 14.8 Å². The molecule has 2 N–H and O–H groups in total. The van der Waals surface area contributed by atoms with Gasteiger partial charge in [-0.05, 0) is 24.3 Å². The van der Waals surface area contributed by atoms with Crippen LogP contribution in [0, 0.1) is 0 Å². The number of hydrogen-bond acceptors (Lipinski definition) is 6. The van der Waals surface area contributed by atoms with Gasteiger partial charge in [-0.2, -0.15) is 4.98 Å². The molecule has 0 fully saturated rings. The molecule has 7 nitrogen and oxygen atoms in total. The van der Waals surface area contributed by atoms with Gasteiger partial charge >= 0.3 is 0 Å². The Bertz CT molecular complexity index is 884. The maximum absolute atomic E-state index is 12.1. The number of aromatic nitrogens is 2. The number of nitrogens with one attached hydrogen (secondary N) is 2. The third-order valence-corrected chi connectivity index (χ3v) is 3.54. The number of fused-ring (bicyclic) bond motifs is 1. The van der Waals surface area contributed by atoms with Gasteiger partial charge in [0.1, 0.15) is 11.1 Å². The highest BCUT2D eigenvalue weighted by atomic mass is 16.5. The first-order chi connectivity index (χ1) is 12.2. The van der Waals surface area contributed by atoms with E-state index < -0.39 is 0 Å². The fourth-order valence-corrected chi connectivity index (χ4v) is 2.40. The van der Waals surface area contributed by atoms with E-state index in [-0.39, 0.29) is 18.4 Å². The van der Waals surface area contributed by atoms with Crippen molar-refractivity contribution < 1.29 is 14.3 Å². The molecule has 1 aromatic heterocycles. The van der Waals surface area contributed by atoms with Crippen LogP contribution in [0.15, 0.2) is 48.5 Å². The lowest BCUT2D eigenvalue weighted by Gasteiger charge is -2.11. The minimum Gasteiger partial charge on any atom is -0.496 e. The Morgan fingerprint density at radius 2 is 1.80 bits per heavy atom. The maximum atomic E-state index is 12.1. The summed E-state index contributed by atoms with van der Waals surface area (Å²) in [5.41, 5.74) is 1.48. The average Bonchev–Trinajstić information content (AvgIpc) is 2.66. The lowest BCUT2D eigenvalue weighted by molar-refractivity contribution is -0.114. The number of para-hydroxylation sites is 1. The normalized spacial score (nSPS) is 10.3. The molecule has 0 aliphatic rings. The number of ether oxygens (including phenoxy) is 2. The first-order valence-corrected chi connectivity index (χ1v) is 7.69. The Balaban J connectivity index is 1.78. The molecule has 0 unspecified atom stereocenters. The SMILES string of the molecule is COc1cccc2nc(NC(=O)CNc3ccccc3)nc(OC)c12. The molecule has 25 heavy (non-hydrogen) atoms. The van der Waals surface area contributed by atoms with E-state index >= 15 is 0 Å². The van der Waals surface area contributed by atoms with Crippen LogP contribution in [-0.2, 0) is 4.79 Å². The summed E-state index contributed by atoms with van der Waals surface area (Å²) in [5.74, 6) is 0.873. The molecule has 2 aromatic carbocycles. The number of carbonyl (C=O) groups excluding carboxylic acids is 1. The van der Waals surface area contributed by atoms with Gasteiger partial charge in [0.25, 0.3) is 0 Å². The van der Waals surface area contributed by atoms with E-state index in [1.54, 1.807) is 19.2 Å². The molecule has 0 radical (unpaired) electrons. The molecule has 3 rings (SSSR count). The van der Waals surface area contributed by atoms with Crippen LogP contribution in [0.1, 0.15) is 0 Å². The van der Waals surface area contributed by atoms with Gasteiger partial charge in [-0.25, -0.2) is 4.98 Å². The Morgan fingerprint density at radius 1 is 1.00 bits per heavy atom. The number of amides is 1. The number of hydrogen-bond donors (Lipinski definition) is 2. The molecule has 0 aliphatic carbocycles. The molecule has 7 heteroatoms. The van der Waals surface area contributed by atoms with Crippen LogP contribution in [0.4, 0.5) is 11.6 Å². The molecular weight excluding hydrogens is 320 g/mol. The molecule has 0 aliphatic heterocycles. The molecular formula is C18H18N4O3. The van der Waals surface area contributed by atoms with E-state index in [4.69, 9.17) is 9.47 Å². The van der Waals surface area contributed by atoms with Crippen molar-refractivity contribution in [3.63, 3.8) is 0 Å². The smallest absolute Gasteiger partial charge is 0.246 e. The van der Waals surface area contributed by atoms with E-state index in [1.807, 2.05) is 36.4 Å². The van der Waals surface area contributed by atoms with E-state index in [9.17, 15) is 4.79 Å². The van der Waals surface area contributed by atoms with E-state index in [0.717, 1.165) is 5.69 Å². The van der Waals surface area contributed by atoms with Crippen LogP contribution in [-0.4, -0.2) is 36.6 Å². The molecule has 3 aromatic rings. The van der Waals surface area contributed by atoms with Crippen LogP contribution in [0.3, 0.4) is 0 Å². The van der Waals surface area contributed by atoms with Gasteiger partial charge in [0.05, 0.1) is 26.3 Å². The quantitative estimate of drug-likeness (QED) is 0.719. The van der Waals surface area contributed by atoms with Crippen molar-refractivity contribution in [1.82, 2.24) is 9.97 Å². The Hall–Kier alpha value is -3.35. The molecule has 0 saturated heterocycles. The first-order valence-electron chi connectivity index (χ1n) is 7.69. The van der Waals surface area contributed by atoms with Gasteiger partial charge in [-0.3, -0.25) is 10.1 Å². The molecule has 0 atom stereocenters. The zero-order valence-corrected chi connectivity index (χ0v) is 13.9. The summed E-state index contributed by atoms with van der Waals surface area (Å²) in [6, 6.07) is 14.9. The van der Waals surface area contributed by atoms with Crippen molar-refractivity contribution in [3.05, 3.63) is 48.5 Å². The fourth-order valence-electron chi connectivity index (χ4n) is 2.40. The maximum Gasteiger partial charge on any atom is 0.246 e. The highest BCUT2D eigenvalue weighted by Gasteiger charge is 2.14. The van der Waals surface area contributed by atoms with E-state index in [0.29, 0.717) is 22.5 Å². The predicted molar refractivity (Wildman–Crippen MR) is 96.2 cm³/mol. The predicted octanol–water partition coefficient (Wildman–Crippen LogP) is 2.70. The number of rotatable bonds is 6. The highest BCUT2D eigenvalue weighted by Crippen LogP contribution is 2.32. The molecule has 0 bridgehead atoms. The highest BCUT2D eigenvalue weighted by molar-refractivity contribution is 5.95. The topological polar surface area (TPSA) is 85.4 Å². The lowest BCUT2D eigenvalue weighted by atomic mass is 10.2. The lowest BCUT2D eigenvalue weighted by Crippen LogP contribution is -2.23. The van der Waals surface area contributed by atoms with Gasteiger partial charge in [0, 0.05) is 5.69 Å². The van der Waals surface area contributed by atoms with Gasteiger partial charge in [0.15, 0.2) is 0 Å².